The summed E-state index contributed by atoms with van der Waals surface area (Å²) < 4.78 is 97.6. The molecule has 0 aliphatic carbocycles. The smallest absolute Gasteiger partial charge is 0.348 e. The Bertz CT molecular complexity index is 1570. The molecule has 4 heterocycles. The van der Waals surface area contributed by atoms with Crippen LogP contribution in [0.3, 0.4) is 0 Å². The molecule has 2 fully saturated rings. The van der Waals surface area contributed by atoms with Crippen LogP contribution in [0.5, 0.6) is 0 Å². The average Bonchev–Trinajstić information content (AvgIpc) is 3.42. The molecule has 0 radical (unpaired) electrons. The number of piperidine rings is 1. The molecule has 1 N–H and O–H groups in total. The highest BCUT2D eigenvalue weighted by atomic mass is 35.5. The minimum Gasteiger partial charge on any atom is -0.348 e. The summed E-state index contributed by atoms with van der Waals surface area (Å²) in [7, 11) is -3.60. The molecule has 3 aromatic rings. The molecular weight excluding hydrogens is 631 g/mol. The van der Waals surface area contributed by atoms with E-state index in [1.54, 1.807) is 6.07 Å². The number of halogens is 6. The van der Waals surface area contributed by atoms with Gasteiger partial charge in [0.05, 0.1) is 17.3 Å². The fraction of sp³-hybridized carbons (Fsp3) is 0.519. The second kappa shape index (κ2) is 12.8. The van der Waals surface area contributed by atoms with Gasteiger partial charge in [0.2, 0.25) is 16.0 Å². The summed E-state index contributed by atoms with van der Waals surface area (Å²) in [5.41, 5.74) is -1.44. The number of nitrogens with one attached hydrogen (secondary N) is 1. The Morgan fingerprint density at radius 3 is 2.41 bits per heavy atom. The lowest BCUT2D eigenvalue weighted by atomic mass is 10.1. The quantitative estimate of drug-likeness (QED) is 0.361. The molecule has 2 saturated heterocycles. The zero-order valence-electron chi connectivity index (χ0n) is 24.0. The predicted octanol–water partition coefficient (Wildman–Crippen LogP) is 4.06. The topological polar surface area (TPSA) is 99.5 Å². The van der Waals surface area contributed by atoms with E-state index in [-0.39, 0.29) is 35.3 Å². The Balaban J connectivity index is 1.38. The van der Waals surface area contributed by atoms with Crippen molar-refractivity contribution in [3.63, 3.8) is 0 Å². The number of hydrogen-bond donors (Lipinski definition) is 1. The number of piperazine rings is 1. The second-order valence-corrected chi connectivity index (χ2v) is 13.3. The van der Waals surface area contributed by atoms with E-state index in [1.807, 2.05) is 0 Å². The summed E-state index contributed by atoms with van der Waals surface area (Å²) >= 11 is 6.47. The van der Waals surface area contributed by atoms with E-state index >= 15 is 4.39 Å². The first-order valence-electron chi connectivity index (χ1n) is 14.0. The summed E-state index contributed by atoms with van der Waals surface area (Å²) in [6.45, 7) is 6.70. The molecule has 5 rings (SSSR count). The Hall–Kier alpha value is -2.92. The zero-order chi connectivity index (χ0) is 31.8. The van der Waals surface area contributed by atoms with Crippen LogP contribution in [0.1, 0.15) is 24.5 Å². The summed E-state index contributed by atoms with van der Waals surface area (Å²) in [6, 6.07) is 2.04. The molecule has 0 amide bonds. The van der Waals surface area contributed by atoms with E-state index < -0.39 is 52.0 Å². The van der Waals surface area contributed by atoms with Gasteiger partial charge in [0.15, 0.2) is 0 Å². The van der Waals surface area contributed by atoms with Gasteiger partial charge in [-0.25, -0.2) is 32.2 Å². The Labute approximate surface area is 256 Å². The largest absolute Gasteiger partial charge is 0.420 e. The molecule has 0 saturated carbocycles. The minimum atomic E-state index is -4.85. The fourth-order valence-corrected chi connectivity index (χ4v) is 6.58. The normalized spacial score (nSPS) is 21.1. The van der Waals surface area contributed by atoms with Gasteiger partial charge >= 0.3 is 6.18 Å². The van der Waals surface area contributed by atoms with Crippen molar-refractivity contribution in [2.24, 2.45) is 0 Å². The van der Waals surface area contributed by atoms with Gasteiger partial charge in [-0.15, -0.1) is 0 Å². The molecular formula is C27H32ClF5N8O2S. The molecule has 2 atom stereocenters. The lowest BCUT2D eigenvalue weighted by Crippen LogP contribution is -2.49. The number of sulfonamides is 1. The third-order valence-corrected chi connectivity index (χ3v) is 9.42. The summed E-state index contributed by atoms with van der Waals surface area (Å²) in [5.74, 6) is -0.963. The highest BCUT2D eigenvalue weighted by Crippen LogP contribution is 2.36. The third-order valence-electron chi connectivity index (χ3n) is 7.86. The molecule has 2 aliphatic rings. The maximum atomic E-state index is 15.4. The number of alkyl halides is 4. The number of imidazole rings is 1. The first-order chi connectivity index (χ1) is 20.7. The lowest BCUT2D eigenvalue weighted by Gasteiger charge is -2.34. The Morgan fingerprint density at radius 1 is 1.09 bits per heavy atom. The van der Waals surface area contributed by atoms with Crippen LogP contribution in [0.2, 0.25) is 5.02 Å². The molecule has 17 heteroatoms. The van der Waals surface area contributed by atoms with E-state index in [2.05, 4.69) is 37.0 Å². The zero-order valence-corrected chi connectivity index (χ0v) is 25.6. The standard InChI is InChI=1S/C27H32ClF5N8O2S/c1-3-38-6-8-39(9-7-38)13-17-10-19(28)25(20(29)11-17)40-15-23(35-16-40)24-18(27(31,32)33)12-34-26(37-24)36-22-4-5-41(14-21(22)30)44(2,42)43/h10-12,15-16,21-22H,3-9,13-14H2,1-2H3,(H,34,36,37)/t21-,22-/m1/s1. The van der Waals surface area contributed by atoms with Crippen molar-refractivity contribution < 1.29 is 30.4 Å². The third kappa shape index (κ3) is 7.30. The number of rotatable bonds is 8. The summed E-state index contributed by atoms with van der Waals surface area (Å²) in [4.78, 5) is 16.3. The van der Waals surface area contributed by atoms with E-state index in [0.717, 1.165) is 49.6 Å². The van der Waals surface area contributed by atoms with Gasteiger partial charge in [-0.3, -0.25) is 4.90 Å². The highest BCUT2D eigenvalue weighted by Gasteiger charge is 2.37. The van der Waals surface area contributed by atoms with Gasteiger partial charge in [0.25, 0.3) is 0 Å². The number of likely N-dealkylation sites (N-methyl/N-ethyl adjacent to an activating group) is 1. The molecule has 0 bridgehead atoms. The van der Waals surface area contributed by atoms with Crippen molar-refractivity contribution in [2.45, 2.75) is 38.3 Å². The molecule has 0 unspecified atom stereocenters. The monoisotopic (exact) mass is 662 g/mol. The molecule has 0 spiro atoms. The van der Waals surface area contributed by atoms with E-state index in [4.69, 9.17) is 11.6 Å². The van der Waals surface area contributed by atoms with Crippen molar-refractivity contribution in [3.8, 4) is 17.1 Å². The molecule has 10 nitrogen and oxygen atoms in total. The van der Waals surface area contributed by atoms with E-state index in [0.29, 0.717) is 18.3 Å². The number of anilines is 1. The number of hydrogen-bond acceptors (Lipinski definition) is 8. The van der Waals surface area contributed by atoms with Gasteiger partial charge in [-0.05, 0) is 30.7 Å². The van der Waals surface area contributed by atoms with Gasteiger partial charge in [-0.1, -0.05) is 18.5 Å². The van der Waals surface area contributed by atoms with Crippen molar-refractivity contribution >= 4 is 27.6 Å². The lowest BCUT2D eigenvalue weighted by molar-refractivity contribution is -0.137. The van der Waals surface area contributed by atoms with Crippen LogP contribution in [0.4, 0.5) is 27.9 Å². The van der Waals surface area contributed by atoms with Crippen molar-refractivity contribution in [1.82, 2.24) is 33.6 Å². The van der Waals surface area contributed by atoms with Crippen LogP contribution >= 0.6 is 11.6 Å². The maximum Gasteiger partial charge on any atom is 0.420 e. The Morgan fingerprint density at radius 2 is 1.80 bits per heavy atom. The van der Waals surface area contributed by atoms with Crippen LogP contribution < -0.4 is 5.32 Å². The maximum absolute atomic E-state index is 15.4. The molecule has 44 heavy (non-hydrogen) atoms. The van der Waals surface area contributed by atoms with Gasteiger partial charge < -0.3 is 14.8 Å². The van der Waals surface area contributed by atoms with Gasteiger partial charge in [0.1, 0.15) is 41.0 Å². The number of nitrogens with zero attached hydrogens (tertiary/aromatic N) is 7. The fourth-order valence-electron chi connectivity index (χ4n) is 5.41. The summed E-state index contributed by atoms with van der Waals surface area (Å²) in [6.07, 6.45) is -2.61. The van der Waals surface area contributed by atoms with Gasteiger partial charge in [0, 0.05) is 58.2 Å². The van der Waals surface area contributed by atoms with Crippen molar-refractivity contribution in [1.29, 1.82) is 0 Å². The van der Waals surface area contributed by atoms with Crippen LogP contribution in [-0.4, -0.2) is 106 Å². The van der Waals surface area contributed by atoms with Crippen molar-refractivity contribution in [3.05, 3.63) is 52.8 Å². The highest BCUT2D eigenvalue weighted by molar-refractivity contribution is 7.88. The molecule has 2 aliphatic heterocycles. The SMILES string of the molecule is CCN1CCN(Cc2cc(F)c(-n3cnc(-c4nc(N[C@@H]5CCN(S(C)(=O)=O)C[C@H]5F)ncc4C(F)(F)F)c3)c(Cl)c2)CC1. The second-order valence-electron chi connectivity index (χ2n) is 10.9. The van der Waals surface area contributed by atoms with E-state index in [9.17, 15) is 26.0 Å². The van der Waals surface area contributed by atoms with Crippen LogP contribution in [-0.2, 0) is 22.7 Å². The molecule has 2 aromatic heterocycles. The summed E-state index contributed by atoms with van der Waals surface area (Å²) in [5, 5.41) is 2.75. The number of benzene rings is 1. The molecule has 240 valence electrons. The Kier molecular flexibility index (Phi) is 9.47. The average molecular weight is 663 g/mol. The van der Waals surface area contributed by atoms with Crippen molar-refractivity contribution in [2.75, 3.05) is 57.4 Å². The first-order valence-corrected chi connectivity index (χ1v) is 16.2. The van der Waals surface area contributed by atoms with Gasteiger partial charge in [-0.2, -0.15) is 17.5 Å². The van der Waals surface area contributed by atoms with Crippen LogP contribution in [0.25, 0.3) is 17.1 Å². The van der Waals surface area contributed by atoms with Crippen LogP contribution in [0, 0.1) is 5.82 Å². The number of aromatic nitrogens is 4. The van der Waals surface area contributed by atoms with Crippen LogP contribution in [0.15, 0.2) is 30.9 Å². The minimum absolute atomic E-state index is 0.0232. The molecule has 1 aromatic carbocycles. The first kappa shape index (κ1) is 32.5. The van der Waals surface area contributed by atoms with E-state index in [1.165, 1.54) is 16.8 Å². The predicted molar refractivity (Wildman–Crippen MR) is 155 cm³/mol.